The van der Waals surface area contributed by atoms with E-state index in [0.717, 1.165) is 12.8 Å². The molecule has 0 saturated carbocycles. The van der Waals surface area contributed by atoms with Crippen molar-refractivity contribution < 1.29 is 18.0 Å². The molecule has 25 heavy (non-hydrogen) atoms. The molecule has 2 amide bonds. The minimum atomic E-state index is -3.61. The first kappa shape index (κ1) is 17.9. The Morgan fingerprint density at radius 1 is 1.20 bits per heavy atom. The molecule has 0 radical (unpaired) electrons. The molecule has 3 rings (SSSR count). The van der Waals surface area contributed by atoms with E-state index in [9.17, 15) is 18.0 Å². The lowest BCUT2D eigenvalue weighted by atomic mass is 10.2. The molecule has 1 N–H and O–H groups in total. The Kier molecular flexibility index (Phi) is 5.10. The van der Waals surface area contributed by atoms with Gasteiger partial charge in [0.2, 0.25) is 21.8 Å². The van der Waals surface area contributed by atoms with Crippen molar-refractivity contribution in [3.63, 3.8) is 0 Å². The molecule has 2 aliphatic heterocycles. The minimum absolute atomic E-state index is 0.0982. The molecule has 1 saturated heterocycles. The summed E-state index contributed by atoms with van der Waals surface area (Å²) >= 11 is 0. The highest BCUT2D eigenvalue weighted by Crippen LogP contribution is 2.27. The van der Waals surface area contributed by atoms with E-state index in [1.807, 2.05) is 6.92 Å². The molecular weight excluding hydrogens is 342 g/mol. The fraction of sp³-hybridized carbons (Fsp3) is 0.529. The number of fused-ring (bicyclic) bond motifs is 1. The van der Waals surface area contributed by atoms with Crippen LogP contribution in [0.25, 0.3) is 0 Å². The monoisotopic (exact) mass is 365 g/mol. The number of hydrogen-bond acceptors (Lipinski definition) is 4. The molecule has 0 aromatic heterocycles. The van der Waals surface area contributed by atoms with E-state index in [2.05, 4.69) is 5.32 Å². The normalized spacial score (nSPS) is 18.1. The smallest absolute Gasteiger partial charge is 0.243 e. The van der Waals surface area contributed by atoms with Crippen LogP contribution in [-0.4, -0.2) is 55.6 Å². The summed E-state index contributed by atoms with van der Waals surface area (Å²) < 4.78 is 27.1. The van der Waals surface area contributed by atoms with E-state index >= 15 is 0 Å². The van der Waals surface area contributed by atoms with Crippen LogP contribution in [0, 0.1) is 0 Å². The summed E-state index contributed by atoms with van der Waals surface area (Å²) in [6.45, 7) is 3.49. The number of benzene rings is 1. The second-order valence-corrected chi connectivity index (χ2v) is 8.37. The molecule has 8 heteroatoms. The Morgan fingerprint density at radius 2 is 1.92 bits per heavy atom. The lowest BCUT2D eigenvalue weighted by molar-refractivity contribution is -0.132. The lowest BCUT2D eigenvalue weighted by Gasteiger charge is -2.34. The SMILES string of the molecule is CCCCC(=O)N1CCN(S(=O)(=O)c2ccc3c(c2)CC(=O)N3)CC1. The van der Waals surface area contributed by atoms with Gasteiger partial charge in [0.25, 0.3) is 0 Å². The third kappa shape index (κ3) is 3.69. The van der Waals surface area contributed by atoms with Crippen LogP contribution in [0.5, 0.6) is 0 Å². The maximum Gasteiger partial charge on any atom is 0.243 e. The largest absolute Gasteiger partial charge is 0.340 e. The van der Waals surface area contributed by atoms with Crippen molar-refractivity contribution in [1.29, 1.82) is 0 Å². The number of amides is 2. The second-order valence-electron chi connectivity index (χ2n) is 6.43. The van der Waals surface area contributed by atoms with Crippen LogP contribution in [0.2, 0.25) is 0 Å². The summed E-state index contributed by atoms with van der Waals surface area (Å²) in [6, 6.07) is 4.73. The van der Waals surface area contributed by atoms with Crippen molar-refractivity contribution in [2.24, 2.45) is 0 Å². The highest BCUT2D eigenvalue weighted by atomic mass is 32.2. The average molecular weight is 365 g/mol. The number of unbranched alkanes of at least 4 members (excludes halogenated alkanes) is 1. The van der Waals surface area contributed by atoms with Gasteiger partial charge in [-0.15, -0.1) is 0 Å². The number of nitrogens with one attached hydrogen (secondary N) is 1. The molecule has 2 aliphatic rings. The zero-order valence-electron chi connectivity index (χ0n) is 14.3. The van der Waals surface area contributed by atoms with E-state index in [1.54, 1.807) is 17.0 Å². The topological polar surface area (TPSA) is 86.8 Å². The van der Waals surface area contributed by atoms with Gasteiger partial charge >= 0.3 is 0 Å². The van der Waals surface area contributed by atoms with E-state index in [4.69, 9.17) is 0 Å². The number of anilines is 1. The fourth-order valence-electron chi connectivity index (χ4n) is 3.18. The number of hydrogen-bond donors (Lipinski definition) is 1. The van der Waals surface area contributed by atoms with Gasteiger partial charge in [-0.3, -0.25) is 9.59 Å². The fourth-order valence-corrected chi connectivity index (χ4v) is 4.65. The summed E-state index contributed by atoms with van der Waals surface area (Å²) in [5.74, 6) is -0.0234. The quantitative estimate of drug-likeness (QED) is 0.850. The Morgan fingerprint density at radius 3 is 2.60 bits per heavy atom. The van der Waals surface area contributed by atoms with Crippen molar-refractivity contribution in [1.82, 2.24) is 9.21 Å². The summed E-state index contributed by atoms with van der Waals surface area (Å²) in [6.07, 6.45) is 2.56. The van der Waals surface area contributed by atoms with Crippen LogP contribution in [0.1, 0.15) is 31.7 Å². The van der Waals surface area contributed by atoms with Gasteiger partial charge < -0.3 is 10.2 Å². The number of sulfonamides is 1. The van der Waals surface area contributed by atoms with Crippen LogP contribution in [0.3, 0.4) is 0 Å². The Bertz CT molecular complexity index is 783. The number of piperazine rings is 1. The molecule has 7 nitrogen and oxygen atoms in total. The maximum atomic E-state index is 12.8. The van der Waals surface area contributed by atoms with Gasteiger partial charge in [-0.25, -0.2) is 8.42 Å². The van der Waals surface area contributed by atoms with Crippen LogP contribution < -0.4 is 5.32 Å². The highest BCUT2D eigenvalue weighted by Gasteiger charge is 2.31. The minimum Gasteiger partial charge on any atom is -0.340 e. The van der Waals surface area contributed by atoms with E-state index < -0.39 is 10.0 Å². The zero-order chi connectivity index (χ0) is 18.0. The van der Waals surface area contributed by atoms with Crippen LogP contribution >= 0.6 is 0 Å². The first-order chi connectivity index (χ1) is 11.9. The molecular formula is C17H23N3O4S. The standard InChI is InChI=1S/C17H23N3O4S/c1-2-3-4-17(22)19-7-9-20(10-8-19)25(23,24)14-5-6-15-13(11-14)12-16(21)18-15/h5-6,11H,2-4,7-10,12H2,1H3,(H,18,21). The molecule has 0 unspecified atom stereocenters. The highest BCUT2D eigenvalue weighted by molar-refractivity contribution is 7.89. The van der Waals surface area contributed by atoms with E-state index in [1.165, 1.54) is 10.4 Å². The number of nitrogens with zero attached hydrogens (tertiary/aromatic N) is 2. The van der Waals surface area contributed by atoms with E-state index in [0.29, 0.717) is 43.9 Å². The van der Waals surface area contributed by atoms with Gasteiger partial charge in [-0.2, -0.15) is 4.31 Å². The molecule has 0 spiro atoms. The molecule has 0 atom stereocenters. The predicted molar refractivity (Wildman–Crippen MR) is 93.6 cm³/mol. The van der Waals surface area contributed by atoms with Crippen LogP contribution in [0.4, 0.5) is 5.69 Å². The van der Waals surface area contributed by atoms with E-state index in [-0.39, 0.29) is 23.1 Å². The van der Waals surface area contributed by atoms with Gasteiger partial charge in [-0.1, -0.05) is 13.3 Å². The Hall–Kier alpha value is -1.93. The van der Waals surface area contributed by atoms with Crippen molar-refractivity contribution in [3.05, 3.63) is 23.8 Å². The maximum absolute atomic E-state index is 12.8. The van der Waals surface area contributed by atoms with Gasteiger partial charge in [0.15, 0.2) is 0 Å². The number of rotatable bonds is 5. The Balaban J connectivity index is 1.67. The summed E-state index contributed by atoms with van der Waals surface area (Å²) in [7, 11) is -3.61. The summed E-state index contributed by atoms with van der Waals surface area (Å²) in [4.78, 5) is 25.4. The first-order valence-corrected chi connectivity index (χ1v) is 10.1. The molecule has 2 heterocycles. The molecule has 1 aromatic rings. The van der Waals surface area contributed by atoms with Crippen molar-refractivity contribution in [3.8, 4) is 0 Å². The molecule has 1 fully saturated rings. The van der Waals surface area contributed by atoms with Crippen LogP contribution in [0.15, 0.2) is 23.1 Å². The van der Waals surface area contributed by atoms with Crippen molar-refractivity contribution in [2.45, 2.75) is 37.5 Å². The van der Waals surface area contributed by atoms with Crippen molar-refractivity contribution in [2.75, 3.05) is 31.5 Å². The van der Waals surface area contributed by atoms with Crippen LogP contribution in [-0.2, 0) is 26.0 Å². The molecule has 136 valence electrons. The molecule has 0 aliphatic carbocycles. The van der Waals surface area contributed by atoms with Gasteiger partial charge in [-0.05, 0) is 30.2 Å². The third-order valence-electron chi connectivity index (χ3n) is 4.68. The Labute approximate surface area is 148 Å². The summed E-state index contributed by atoms with van der Waals surface area (Å²) in [5.41, 5.74) is 1.38. The zero-order valence-corrected chi connectivity index (χ0v) is 15.1. The molecule has 0 bridgehead atoms. The third-order valence-corrected chi connectivity index (χ3v) is 6.57. The number of carbonyl (C=O) groups excluding carboxylic acids is 2. The first-order valence-electron chi connectivity index (χ1n) is 8.62. The van der Waals surface area contributed by atoms with Gasteiger partial charge in [0, 0.05) is 38.3 Å². The van der Waals surface area contributed by atoms with Crippen molar-refractivity contribution >= 4 is 27.5 Å². The average Bonchev–Trinajstić information content (AvgIpc) is 2.98. The molecule has 1 aromatic carbocycles. The van der Waals surface area contributed by atoms with Gasteiger partial charge in [0.1, 0.15) is 0 Å². The summed E-state index contributed by atoms with van der Waals surface area (Å²) in [5, 5.41) is 2.70. The lowest BCUT2D eigenvalue weighted by Crippen LogP contribution is -2.50. The number of carbonyl (C=O) groups is 2. The predicted octanol–water partition coefficient (Wildman–Crippen LogP) is 1.20. The van der Waals surface area contributed by atoms with Gasteiger partial charge in [0.05, 0.1) is 11.3 Å². The second kappa shape index (κ2) is 7.13.